The van der Waals surface area contributed by atoms with Gasteiger partial charge in [0.1, 0.15) is 5.75 Å². The highest BCUT2D eigenvalue weighted by Crippen LogP contribution is 2.33. The molecule has 0 aliphatic carbocycles. The first-order valence-corrected chi connectivity index (χ1v) is 8.17. The zero-order valence-electron chi connectivity index (χ0n) is 12.9. The monoisotopic (exact) mass is 373 g/mol. The van der Waals surface area contributed by atoms with Crippen molar-refractivity contribution in [2.75, 3.05) is 4.90 Å². The van der Waals surface area contributed by atoms with Crippen LogP contribution in [0.15, 0.2) is 46.9 Å². The van der Waals surface area contributed by atoms with Gasteiger partial charge >= 0.3 is 0 Å². The molecular formula is C18H16BrNO3. The fraction of sp³-hybridized carbons (Fsp3) is 0.222. The SMILES string of the molecule is CC(C)Oc1ccccc1CN1C(=O)C(=O)c2cc(Br)ccc21. The third-order valence-electron chi connectivity index (χ3n) is 3.60. The first kappa shape index (κ1) is 15.7. The first-order chi connectivity index (χ1) is 11.0. The number of nitrogens with zero attached hydrogens (tertiary/aromatic N) is 1. The summed E-state index contributed by atoms with van der Waals surface area (Å²) < 4.78 is 6.57. The highest BCUT2D eigenvalue weighted by atomic mass is 79.9. The third kappa shape index (κ3) is 3.01. The van der Waals surface area contributed by atoms with Crippen LogP contribution in [0.2, 0.25) is 0 Å². The Labute approximate surface area is 143 Å². The van der Waals surface area contributed by atoms with E-state index >= 15 is 0 Å². The number of hydrogen-bond acceptors (Lipinski definition) is 3. The summed E-state index contributed by atoms with van der Waals surface area (Å²) >= 11 is 3.34. The van der Waals surface area contributed by atoms with Gasteiger partial charge in [-0.05, 0) is 38.1 Å². The summed E-state index contributed by atoms with van der Waals surface area (Å²) in [7, 11) is 0. The van der Waals surface area contributed by atoms with Crippen molar-refractivity contribution in [3.05, 3.63) is 58.1 Å². The molecule has 0 unspecified atom stereocenters. The van der Waals surface area contributed by atoms with E-state index in [4.69, 9.17) is 4.74 Å². The van der Waals surface area contributed by atoms with Gasteiger partial charge in [0.2, 0.25) is 0 Å². The van der Waals surface area contributed by atoms with Crippen LogP contribution in [0.25, 0.3) is 0 Å². The molecule has 0 saturated carbocycles. The molecule has 1 amide bonds. The molecule has 0 atom stereocenters. The molecule has 4 nitrogen and oxygen atoms in total. The van der Waals surface area contributed by atoms with E-state index in [0.717, 1.165) is 15.8 Å². The number of benzene rings is 2. The Kier molecular flexibility index (Phi) is 4.22. The van der Waals surface area contributed by atoms with Crippen molar-refractivity contribution < 1.29 is 14.3 Å². The van der Waals surface area contributed by atoms with Crippen LogP contribution in [0, 0.1) is 0 Å². The maximum atomic E-state index is 12.3. The zero-order chi connectivity index (χ0) is 16.6. The first-order valence-electron chi connectivity index (χ1n) is 7.37. The molecule has 1 aliphatic heterocycles. The van der Waals surface area contributed by atoms with Crippen LogP contribution >= 0.6 is 15.9 Å². The summed E-state index contributed by atoms with van der Waals surface area (Å²) in [5.74, 6) is -0.241. The molecule has 0 saturated heterocycles. The summed E-state index contributed by atoms with van der Waals surface area (Å²) in [6, 6.07) is 12.9. The van der Waals surface area contributed by atoms with Crippen LogP contribution in [-0.2, 0) is 11.3 Å². The highest BCUT2D eigenvalue weighted by Gasteiger charge is 2.36. The van der Waals surface area contributed by atoms with Gasteiger partial charge in [-0.2, -0.15) is 0 Å². The van der Waals surface area contributed by atoms with E-state index in [1.807, 2.05) is 44.2 Å². The Hall–Kier alpha value is -2.14. The average Bonchev–Trinajstić information content (AvgIpc) is 2.73. The number of anilines is 1. The third-order valence-corrected chi connectivity index (χ3v) is 4.09. The van der Waals surface area contributed by atoms with Gasteiger partial charge in [-0.1, -0.05) is 34.1 Å². The lowest BCUT2D eigenvalue weighted by molar-refractivity contribution is -0.114. The number of amides is 1. The molecule has 5 heteroatoms. The number of Topliss-reactive ketones (excluding diaryl/α,β-unsaturated/α-hetero) is 1. The smallest absolute Gasteiger partial charge is 0.299 e. The van der Waals surface area contributed by atoms with Crippen LogP contribution in [0.1, 0.15) is 29.8 Å². The van der Waals surface area contributed by atoms with Crippen LogP contribution in [-0.4, -0.2) is 17.8 Å². The highest BCUT2D eigenvalue weighted by molar-refractivity contribution is 9.10. The molecule has 1 heterocycles. The van der Waals surface area contributed by atoms with Gasteiger partial charge in [0.05, 0.1) is 23.9 Å². The minimum atomic E-state index is -0.502. The molecule has 0 spiro atoms. The number of carbonyl (C=O) groups excluding carboxylic acids is 2. The van der Waals surface area contributed by atoms with Crippen LogP contribution in [0.3, 0.4) is 0 Å². The van der Waals surface area contributed by atoms with Crippen molar-refractivity contribution in [2.24, 2.45) is 0 Å². The van der Waals surface area contributed by atoms with Gasteiger partial charge in [-0.3, -0.25) is 9.59 Å². The van der Waals surface area contributed by atoms with Gasteiger partial charge in [-0.25, -0.2) is 0 Å². The van der Waals surface area contributed by atoms with Crippen molar-refractivity contribution in [3.63, 3.8) is 0 Å². The minimum Gasteiger partial charge on any atom is -0.491 e. The second kappa shape index (κ2) is 6.16. The maximum absolute atomic E-state index is 12.3. The lowest BCUT2D eigenvalue weighted by Gasteiger charge is -2.20. The zero-order valence-corrected chi connectivity index (χ0v) is 14.5. The number of carbonyl (C=O) groups is 2. The van der Waals surface area contributed by atoms with Gasteiger partial charge < -0.3 is 9.64 Å². The van der Waals surface area contributed by atoms with Gasteiger partial charge in [0, 0.05) is 10.0 Å². The molecule has 0 N–H and O–H groups in total. The lowest BCUT2D eigenvalue weighted by Crippen LogP contribution is -2.29. The maximum Gasteiger partial charge on any atom is 0.299 e. The van der Waals surface area contributed by atoms with E-state index in [0.29, 0.717) is 17.8 Å². The van der Waals surface area contributed by atoms with Gasteiger partial charge in [0.25, 0.3) is 11.7 Å². The van der Waals surface area contributed by atoms with Crippen molar-refractivity contribution in [1.29, 1.82) is 0 Å². The van der Waals surface area contributed by atoms with Gasteiger partial charge in [-0.15, -0.1) is 0 Å². The quantitative estimate of drug-likeness (QED) is 0.761. The van der Waals surface area contributed by atoms with Crippen LogP contribution in [0.4, 0.5) is 5.69 Å². The molecule has 2 aromatic rings. The summed E-state index contributed by atoms with van der Waals surface area (Å²) in [6.45, 7) is 4.21. The molecule has 118 valence electrons. The standard InChI is InChI=1S/C18H16BrNO3/c1-11(2)23-16-6-4-3-5-12(16)10-20-15-8-7-13(19)9-14(15)17(21)18(20)22/h3-9,11H,10H2,1-2H3. The van der Waals surface area contributed by atoms with Crippen molar-refractivity contribution >= 4 is 33.3 Å². The average molecular weight is 374 g/mol. The summed E-state index contributed by atoms with van der Waals surface area (Å²) in [6.07, 6.45) is 0.0373. The Bertz CT molecular complexity index is 786. The number of ether oxygens (including phenoxy) is 1. The minimum absolute atomic E-state index is 0.0373. The van der Waals surface area contributed by atoms with Gasteiger partial charge in [0.15, 0.2) is 0 Å². The number of hydrogen-bond donors (Lipinski definition) is 0. The lowest BCUT2D eigenvalue weighted by atomic mass is 10.1. The Balaban J connectivity index is 1.96. The number of ketones is 1. The molecule has 2 aromatic carbocycles. The van der Waals surface area contributed by atoms with E-state index in [9.17, 15) is 9.59 Å². The van der Waals surface area contributed by atoms with Crippen LogP contribution < -0.4 is 9.64 Å². The van der Waals surface area contributed by atoms with E-state index in [2.05, 4.69) is 15.9 Å². The Morgan fingerprint density at radius 2 is 1.87 bits per heavy atom. The molecule has 0 bridgehead atoms. The summed E-state index contributed by atoms with van der Waals surface area (Å²) in [4.78, 5) is 26.0. The van der Waals surface area contributed by atoms with Crippen molar-refractivity contribution in [1.82, 2.24) is 0 Å². The Morgan fingerprint density at radius 1 is 1.13 bits per heavy atom. The number of para-hydroxylation sites is 1. The van der Waals surface area contributed by atoms with Crippen molar-refractivity contribution in [3.8, 4) is 5.75 Å². The Morgan fingerprint density at radius 3 is 2.61 bits per heavy atom. The number of halogens is 1. The topological polar surface area (TPSA) is 46.6 Å². The second-order valence-corrected chi connectivity index (χ2v) is 6.57. The second-order valence-electron chi connectivity index (χ2n) is 5.66. The molecular weight excluding hydrogens is 358 g/mol. The molecule has 23 heavy (non-hydrogen) atoms. The number of fused-ring (bicyclic) bond motifs is 1. The fourth-order valence-electron chi connectivity index (χ4n) is 2.60. The molecule has 3 rings (SSSR count). The summed E-state index contributed by atoms with van der Waals surface area (Å²) in [5.41, 5.74) is 1.95. The normalized spacial score (nSPS) is 13.7. The largest absolute Gasteiger partial charge is 0.491 e. The van der Waals surface area contributed by atoms with E-state index in [1.165, 1.54) is 4.90 Å². The summed E-state index contributed by atoms with van der Waals surface area (Å²) in [5, 5.41) is 0. The van der Waals surface area contributed by atoms with Crippen LogP contribution in [0.5, 0.6) is 5.75 Å². The predicted octanol–water partition coefficient (Wildman–Crippen LogP) is 3.97. The molecule has 0 radical (unpaired) electrons. The van der Waals surface area contributed by atoms with E-state index < -0.39 is 11.7 Å². The van der Waals surface area contributed by atoms with E-state index in [1.54, 1.807) is 12.1 Å². The molecule has 0 aromatic heterocycles. The fourth-order valence-corrected chi connectivity index (χ4v) is 2.96. The molecule has 0 fully saturated rings. The molecule has 1 aliphatic rings. The predicted molar refractivity (Wildman–Crippen MR) is 91.9 cm³/mol. The number of rotatable bonds is 4. The van der Waals surface area contributed by atoms with E-state index in [-0.39, 0.29) is 6.10 Å². The van der Waals surface area contributed by atoms with Crippen molar-refractivity contribution in [2.45, 2.75) is 26.5 Å².